The van der Waals surface area contributed by atoms with E-state index < -0.39 is 0 Å². The van der Waals surface area contributed by atoms with E-state index >= 15 is 0 Å². The molecule has 10 heavy (non-hydrogen) atoms. The van der Waals surface area contributed by atoms with Crippen molar-refractivity contribution in [2.75, 3.05) is 0 Å². The normalized spacial score (nSPS) is 10.4. The molecule has 1 N–H and O–H groups in total. The SMILES string of the molecule is Oc1cnn2ccnc2c1. The average Bonchev–Trinajstić information content (AvgIpc) is 2.33. The third-order valence-corrected chi connectivity index (χ3v) is 1.24. The molecule has 0 fully saturated rings. The van der Waals surface area contributed by atoms with Gasteiger partial charge < -0.3 is 5.11 Å². The molecule has 2 aromatic heterocycles. The summed E-state index contributed by atoms with van der Waals surface area (Å²) < 4.78 is 1.58. The van der Waals surface area contributed by atoms with Crippen LogP contribution in [-0.2, 0) is 0 Å². The van der Waals surface area contributed by atoms with Gasteiger partial charge in [0.1, 0.15) is 5.75 Å². The topological polar surface area (TPSA) is 50.4 Å². The Morgan fingerprint density at radius 1 is 1.50 bits per heavy atom. The van der Waals surface area contributed by atoms with Crippen LogP contribution in [0.15, 0.2) is 24.7 Å². The Labute approximate surface area is 56.8 Å². The van der Waals surface area contributed by atoms with Crippen molar-refractivity contribution in [2.45, 2.75) is 0 Å². The molecule has 0 unspecified atom stereocenters. The highest BCUT2D eigenvalue weighted by molar-refractivity contribution is 5.40. The van der Waals surface area contributed by atoms with Crippen molar-refractivity contribution >= 4 is 5.65 Å². The van der Waals surface area contributed by atoms with Crippen LogP contribution in [0.25, 0.3) is 5.65 Å². The molecule has 50 valence electrons. The summed E-state index contributed by atoms with van der Waals surface area (Å²) >= 11 is 0. The third-order valence-electron chi connectivity index (χ3n) is 1.24. The molecule has 0 radical (unpaired) electrons. The molecule has 2 aromatic rings. The van der Waals surface area contributed by atoms with E-state index in [0.29, 0.717) is 5.65 Å². The number of nitrogens with zero attached hydrogens (tertiary/aromatic N) is 3. The van der Waals surface area contributed by atoms with Gasteiger partial charge in [0.15, 0.2) is 5.65 Å². The van der Waals surface area contributed by atoms with Gasteiger partial charge in [-0.3, -0.25) is 0 Å². The second kappa shape index (κ2) is 1.70. The summed E-state index contributed by atoms with van der Waals surface area (Å²) in [5.74, 6) is 0.138. The lowest BCUT2D eigenvalue weighted by molar-refractivity contribution is 0.471. The van der Waals surface area contributed by atoms with Crippen LogP contribution < -0.4 is 0 Å². The monoisotopic (exact) mass is 135 g/mol. The summed E-state index contributed by atoms with van der Waals surface area (Å²) in [6, 6.07) is 1.55. The first kappa shape index (κ1) is 5.22. The van der Waals surface area contributed by atoms with Crippen molar-refractivity contribution in [1.82, 2.24) is 14.6 Å². The van der Waals surface area contributed by atoms with E-state index in [9.17, 15) is 0 Å². The summed E-state index contributed by atoms with van der Waals surface area (Å²) in [5, 5.41) is 12.8. The zero-order valence-corrected chi connectivity index (χ0v) is 5.10. The molecule has 0 spiro atoms. The van der Waals surface area contributed by atoms with Crippen molar-refractivity contribution < 1.29 is 5.11 Å². The maximum atomic E-state index is 8.93. The van der Waals surface area contributed by atoms with Crippen molar-refractivity contribution in [1.29, 1.82) is 0 Å². The van der Waals surface area contributed by atoms with Crippen molar-refractivity contribution in [3.63, 3.8) is 0 Å². The first-order chi connectivity index (χ1) is 4.86. The van der Waals surface area contributed by atoms with Crippen LogP contribution in [0.5, 0.6) is 5.75 Å². The molecule has 4 heteroatoms. The molecule has 0 bridgehead atoms. The fourth-order valence-electron chi connectivity index (χ4n) is 0.800. The molecule has 4 nitrogen and oxygen atoms in total. The second-order valence-electron chi connectivity index (χ2n) is 1.94. The van der Waals surface area contributed by atoms with Crippen LogP contribution in [0, 0.1) is 0 Å². The molecule has 0 atom stereocenters. The fraction of sp³-hybridized carbons (Fsp3) is 0. The summed E-state index contributed by atoms with van der Waals surface area (Å²) in [4.78, 5) is 3.92. The summed E-state index contributed by atoms with van der Waals surface area (Å²) in [6.07, 6.45) is 4.71. The van der Waals surface area contributed by atoms with Gasteiger partial charge >= 0.3 is 0 Å². The highest BCUT2D eigenvalue weighted by atomic mass is 16.3. The summed E-state index contributed by atoms with van der Waals surface area (Å²) in [6.45, 7) is 0. The maximum absolute atomic E-state index is 8.93. The van der Waals surface area contributed by atoms with E-state index in [1.165, 1.54) is 6.20 Å². The van der Waals surface area contributed by atoms with E-state index in [1.54, 1.807) is 23.0 Å². The Kier molecular flexibility index (Phi) is 0.887. The molecule has 2 rings (SSSR count). The van der Waals surface area contributed by atoms with E-state index in [2.05, 4.69) is 10.1 Å². The van der Waals surface area contributed by atoms with Crippen LogP contribution in [0.1, 0.15) is 0 Å². The van der Waals surface area contributed by atoms with E-state index in [0.717, 1.165) is 0 Å². The Morgan fingerprint density at radius 2 is 2.40 bits per heavy atom. The minimum Gasteiger partial charge on any atom is -0.506 e. The van der Waals surface area contributed by atoms with Crippen LogP contribution in [0.2, 0.25) is 0 Å². The van der Waals surface area contributed by atoms with Gasteiger partial charge in [-0.2, -0.15) is 5.10 Å². The van der Waals surface area contributed by atoms with Crippen molar-refractivity contribution in [3.05, 3.63) is 24.7 Å². The van der Waals surface area contributed by atoms with Crippen LogP contribution in [0.3, 0.4) is 0 Å². The molecule has 0 aromatic carbocycles. The fourth-order valence-corrected chi connectivity index (χ4v) is 0.800. The Morgan fingerprint density at radius 3 is 3.30 bits per heavy atom. The number of fused-ring (bicyclic) bond motifs is 1. The second-order valence-corrected chi connectivity index (χ2v) is 1.94. The predicted molar refractivity (Wildman–Crippen MR) is 34.7 cm³/mol. The van der Waals surface area contributed by atoms with Crippen molar-refractivity contribution in [3.8, 4) is 5.75 Å². The zero-order valence-electron chi connectivity index (χ0n) is 5.10. The maximum Gasteiger partial charge on any atom is 0.157 e. The number of hydrogen-bond acceptors (Lipinski definition) is 3. The molecule has 0 aliphatic heterocycles. The van der Waals surface area contributed by atoms with Gasteiger partial charge in [0.2, 0.25) is 0 Å². The molecular weight excluding hydrogens is 130 g/mol. The third kappa shape index (κ3) is 0.621. The van der Waals surface area contributed by atoms with Gasteiger partial charge in [0, 0.05) is 18.5 Å². The van der Waals surface area contributed by atoms with Gasteiger partial charge in [0.25, 0.3) is 0 Å². The lowest BCUT2D eigenvalue weighted by Crippen LogP contribution is -1.86. The van der Waals surface area contributed by atoms with Crippen LogP contribution in [-0.4, -0.2) is 19.7 Å². The summed E-state index contributed by atoms with van der Waals surface area (Å²) in [5.41, 5.74) is 0.653. The Balaban J connectivity index is 2.86. The average molecular weight is 135 g/mol. The molecule has 2 heterocycles. The number of imidazole rings is 1. The molecule has 0 saturated carbocycles. The van der Waals surface area contributed by atoms with Crippen LogP contribution >= 0.6 is 0 Å². The minimum atomic E-state index is 0.138. The largest absolute Gasteiger partial charge is 0.506 e. The van der Waals surface area contributed by atoms with Gasteiger partial charge in [0.05, 0.1) is 6.20 Å². The van der Waals surface area contributed by atoms with E-state index in [4.69, 9.17) is 5.11 Å². The molecule has 0 saturated heterocycles. The lowest BCUT2D eigenvalue weighted by Gasteiger charge is -1.90. The molecular formula is C6H5N3O. The van der Waals surface area contributed by atoms with Crippen molar-refractivity contribution in [2.24, 2.45) is 0 Å². The van der Waals surface area contributed by atoms with Gasteiger partial charge in [-0.05, 0) is 0 Å². The smallest absolute Gasteiger partial charge is 0.157 e. The van der Waals surface area contributed by atoms with E-state index in [-0.39, 0.29) is 5.75 Å². The van der Waals surface area contributed by atoms with Gasteiger partial charge in [-0.1, -0.05) is 0 Å². The van der Waals surface area contributed by atoms with Crippen LogP contribution in [0.4, 0.5) is 0 Å². The highest BCUT2D eigenvalue weighted by Gasteiger charge is 1.93. The quantitative estimate of drug-likeness (QED) is 0.570. The predicted octanol–water partition coefficient (Wildman–Crippen LogP) is 0.435. The highest BCUT2D eigenvalue weighted by Crippen LogP contribution is 2.07. The Hall–Kier alpha value is -1.58. The lowest BCUT2D eigenvalue weighted by atomic mass is 10.5. The zero-order chi connectivity index (χ0) is 6.97. The standard InChI is InChI=1S/C6H5N3O/c10-5-3-6-7-1-2-9(6)8-4-5/h1-4,10H. The minimum absolute atomic E-state index is 0.138. The van der Waals surface area contributed by atoms with Gasteiger partial charge in [-0.15, -0.1) is 0 Å². The number of aromatic hydroxyl groups is 1. The molecule has 0 aliphatic rings. The first-order valence-corrected chi connectivity index (χ1v) is 2.84. The number of hydrogen-bond donors (Lipinski definition) is 1. The molecule has 0 amide bonds. The first-order valence-electron chi connectivity index (χ1n) is 2.84. The Bertz CT molecular complexity index is 355. The number of rotatable bonds is 0. The van der Waals surface area contributed by atoms with E-state index in [1.807, 2.05) is 0 Å². The summed E-state index contributed by atoms with van der Waals surface area (Å²) in [7, 11) is 0. The van der Waals surface area contributed by atoms with Gasteiger partial charge in [-0.25, -0.2) is 9.50 Å². The molecule has 0 aliphatic carbocycles. The number of aromatic nitrogens is 3.